The third-order valence-electron chi connectivity index (χ3n) is 3.74. The second kappa shape index (κ2) is 6.10. The molecule has 1 aromatic carbocycles. The van der Waals surface area contributed by atoms with Crippen molar-refractivity contribution in [1.29, 1.82) is 0 Å². The van der Waals surface area contributed by atoms with Gasteiger partial charge in [-0.1, -0.05) is 25.0 Å². The molecule has 2 aromatic rings. The molecule has 1 aliphatic rings. The normalized spacial score (nSPS) is 22.7. The zero-order chi connectivity index (χ0) is 14.7. The Morgan fingerprint density at radius 1 is 1.33 bits per heavy atom. The van der Waals surface area contributed by atoms with Crippen LogP contribution in [0.25, 0.3) is 17.2 Å². The molecule has 2 unspecified atom stereocenters. The lowest BCUT2D eigenvalue weighted by Gasteiger charge is -2.27. The Morgan fingerprint density at radius 3 is 2.95 bits per heavy atom. The van der Waals surface area contributed by atoms with Crippen LogP contribution in [0.1, 0.15) is 31.6 Å². The lowest BCUT2D eigenvalue weighted by atomic mass is 9.92. The van der Waals surface area contributed by atoms with Gasteiger partial charge >= 0.3 is 0 Å². The molecule has 1 heterocycles. The van der Waals surface area contributed by atoms with Gasteiger partial charge in [0.15, 0.2) is 5.58 Å². The number of rotatable bonds is 3. The molecule has 5 nitrogen and oxygen atoms in total. The fourth-order valence-corrected chi connectivity index (χ4v) is 2.62. The van der Waals surface area contributed by atoms with Crippen LogP contribution in [-0.2, 0) is 4.79 Å². The van der Waals surface area contributed by atoms with Crippen LogP contribution in [0.3, 0.4) is 0 Å². The number of nitrogens with one attached hydrogen (secondary N) is 1. The molecule has 1 fully saturated rings. The van der Waals surface area contributed by atoms with Gasteiger partial charge in [-0.05, 0) is 25.0 Å². The summed E-state index contributed by atoms with van der Waals surface area (Å²) in [7, 11) is 0. The fourth-order valence-electron chi connectivity index (χ4n) is 2.62. The van der Waals surface area contributed by atoms with Crippen molar-refractivity contribution < 1.29 is 14.3 Å². The first-order valence-electron chi connectivity index (χ1n) is 7.24. The predicted octanol–water partition coefficient (Wildman–Crippen LogP) is 2.26. The largest absolute Gasteiger partial charge is 0.437 e. The SMILES string of the molecule is O=C(/C=C/c1nc2ccccc2o1)NC1CCCCC1O. The summed E-state index contributed by atoms with van der Waals surface area (Å²) in [6.45, 7) is 0. The average molecular weight is 286 g/mol. The number of oxazole rings is 1. The van der Waals surface area contributed by atoms with E-state index in [-0.39, 0.29) is 11.9 Å². The summed E-state index contributed by atoms with van der Waals surface area (Å²) < 4.78 is 5.50. The monoisotopic (exact) mass is 286 g/mol. The number of carbonyl (C=O) groups excluding carboxylic acids is 1. The van der Waals surface area contributed by atoms with Crippen molar-refractivity contribution >= 4 is 23.1 Å². The molecular weight excluding hydrogens is 268 g/mol. The highest BCUT2D eigenvalue weighted by Gasteiger charge is 2.23. The number of fused-ring (bicyclic) bond motifs is 1. The van der Waals surface area contributed by atoms with Crippen molar-refractivity contribution in [3.8, 4) is 0 Å². The van der Waals surface area contributed by atoms with Gasteiger partial charge in [-0.25, -0.2) is 4.98 Å². The van der Waals surface area contributed by atoms with Crippen LogP contribution in [0.5, 0.6) is 0 Å². The number of para-hydroxylation sites is 2. The van der Waals surface area contributed by atoms with Gasteiger partial charge in [0.1, 0.15) is 5.52 Å². The van der Waals surface area contributed by atoms with E-state index in [0.717, 1.165) is 31.2 Å². The third-order valence-corrected chi connectivity index (χ3v) is 3.74. The van der Waals surface area contributed by atoms with Crippen molar-refractivity contribution in [2.24, 2.45) is 0 Å². The number of benzene rings is 1. The highest BCUT2D eigenvalue weighted by molar-refractivity contribution is 5.91. The van der Waals surface area contributed by atoms with E-state index in [1.54, 1.807) is 6.08 Å². The Balaban J connectivity index is 1.63. The minimum Gasteiger partial charge on any atom is -0.437 e. The van der Waals surface area contributed by atoms with Gasteiger partial charge in [0.2, 0.25) is 11.8 Å². The Bertz CT molecular complexity index is 629. The smallest absolute Gasteiger partial charge is 0.244 e. The summed E-state index contributed by atoms with van der Waals surface area (Å²) in [4.78, 5) is 16.1. The Labute approximate surface area is 122 Å². The fraction of sp³-hybridized carbons (Fsp3) is 0.375. The van der Waals surface area contributed by atoms with E-state index in [1.807, 2.05) is 24.3 Å². The zero-order valence-electron chi connectivity index (χ0n) is 11.7. The first-order chi connectivity index (χ1) is 10.2. The van der Waals surface area contributed by atoms with E-state index in [9.17, 15) is 9.90 Å². The average Bonchev–Trinajstić information content (AvgIpc) is 2.90. The van der Waals surface area contributed by atoms with E-state index >= 15 is 0 Å². The minimum atomic E-state index is -0.444. The molecule has 1 amide bonds. The standard InChI is InChI=1S/C16H18N2O3/c19-13-7-3-1-5-11(13)17-15(20)9-10-16-18-12-6-2-4-8-14(12)21-16/h2,4,6,8-11,13,19H,1,3,5,7H2,(H,17,20)/b10-9+. The van der Waals surface area contributed by atoms with Gasteiger partial charge < -0.3 is 14.8 Å². The molecule has 1 aromatic heterocycles. The van der Waals surface area contributed by atoms with Crippen molar-refractivity contribution in [3.05, 3.63) is 36.2 Å². The number of aliphatic hydroxyl groups is 1. The van der Waals surface area contributed by atoms with Gasteiger partial charge in [-0.3, -0.25) is 4.79 Å². The number of hydrogen-bond acceptors (Lipinski definition) is 4. The lowest BCUT2D eigenvalue weighted by molar-refractivity contribution is -0.118. The Hall–Kier alpha value is -2.14. The van der Waals surface area contributed by atoms with Gasteiger partial charge in [0, 0.05) is 12.2 Å². The molecule has 0 saturated heterocycles. The van der Waals surface area contributed by atoms with E-state index in [4.69, 9.17) is 4.42 Å². The minimum absolute atomic E-state index is 0.153. The summed E-state index contributed by atoms with van der Waals surface area (Å²) in [5.74, 6) is 0.166. The summed E-state index contributed by atoms with van der Waals surface area (Å²) >= 11 is 0. The number of carbonyl (C=O) groups is 1. The van der Waals surface area contributed by atoms with E-state index in [1.165, 1.54) is 6.08 Å². The molecule has 0 aliphatic heterocycles. The summed E-state index contributed by atoms with van der Waals surface area (Å²) in [6.07, 6.45) is 6.13. The van der Waals surface area contributed by atoms with Crippen LogP contribution in [0.4, 0.5) is 0 Å². The van der Waals surface area contributed by atoms with Gasteiger partial charge in [0.05, 0.1) is 12.1 Å². The third kappa shape index (κ3) is 3.31. The van der Waals surface area contributed by atoms with Gasteiger partial charge in [0.25, 0.3) is 0 Å². The number of aliphatic hydroxyl groups excluding tert-OH is 1. The number of aromatic nitrogens is 1. The van der Waals surface area contributed by atoms with Crippen LogP contribution in [-0.4, -0.2) is 28.1 Å². The number of nitrogens with zero attached hydrogens (tertiary/aromatic N) is 1. The molecule has 5 heteroatoms. The Morgan fingerprint density at radius 2 is 2.14 bits per heavy atom. The van der Waals surface area contributed by atoms with E-state index in [2.05, 4.69) is 10.3 Å². The quantitative estimate of drug-likeness (QED) is 0.849. The first-order valence-corrected chi connectivity index (χ1v) is 7.24. The molecule has 3 rings (SSSR count). The van der Waals surface area contributed by atoms with Crippen molar-refractivity contribution in [3.63, 3.8) is 0 Å². The van der Waals surface area contributed by atoms with Crippen LogP contribution in [0.15, 0.2) is 34.8 Å². The molecule has 110 valence electrons. The van der Waals surface area contributed by atoms with Crippen LogP contribution in [0, 0.1) is 0 Å². The maximum atomic E-state index is 11.9. The summed E-state index contributed by atoms with van der Waals surface area (Å²) in [6, 6.07) is 7.29. The zero-order valence-corrected chi connectivity index (χ0v) is 11.7. The molecule has 0 bridgehead atoms. The molecule has 2 N–H and O–H groups in total. The van der Waals surface area contributed by atoms with Crippen LogP contribution < -0.4 is 5.32 Å². The highest BCUT2D eigenvalue weighted by Crippen LogP contribution is 2.18. The second-order valence-electron chi connectivity index (χ2n) is 5.32. The summed E-state index contributed by atoms with van der Waals surface area (Å²) in [5.41, 5.74) is 1.46. The second-order valence-corrected chi connectivity index (χ2v) is 5.32. The maximum absolute atomic E-state index is 11.9. The molecule has 1 aliphatic carbocycles. The highest BCUT2D eigenvalue weighted by atomic mass is 16.3. The number of hydrogen-bond donors (Lipinski definition) is 2. The lowest BCUT2D eigenvalue weighted by Crippen LogP contribution is -2.44. The molecular formula is C16H18N2O3. The first kappa shape index (κ1) is 13.8. The topological polar surface area (TPSA) is 75.4 Å². The van der Waals surface area contributed by atoms with Gasteiger partial charge in [-0.15, -0.1) is 0 Å². The molecule has 1 saturated carbocycles. The van der Waals surface area contributed by atoms with Crippen molar-refractivity contribution in [2.45, 2.75) is 37.8 Å². The van der Waals surface area contributed by atoms with E-state index < -0.39 is 6.10 Å². The van der Waals surface area contributed by atoms with Crippen LogP contribution in [0.2, 0.25) is 0 Å². The predicted molar refractivity (Wildman–Crippen MR) is 79.4 cm³/mol. The number of amides is 1. The molecule has 21 heavy (non-hydrogen) atoms. The van der Waals surface area contributed by atoms with Crippen LogP contribution >= 0.6 is 0 Å². The van der Waals surface area contributed by atoms with Gasteiger partial charge in [-0.2, -0.15) is 0 Å². The van der Waals surface area contributed by atoms with Crippen molar-refractivity contribution in [2.75, 3.05) is 0 Å². The van der Waals surface area contributed by atoms with E-state index in [0.29, 0.717) is 11.5 Å². The molecule has 2 atom stereocenters. The maximum Gasteiger partial charge on any atom is 0.244 e. The molecule has 0 spiro atoms. The Kier molecular flexibility index (Phi) is 4.01. The molecule has 0 radical (unpaired) electrons. The van der Waals surface area contributed by atoms with Crippen molar-refractivity contribution in [1.82, 2.24) is 10.3 Å². The summed E-state index contributed by atoms with van der Waals surface area (Å²) in [5, 5.41) is 12.7.